The number of amides is 1. The topological polar surface area (TPSA) is 93.9 Å². The van der Waals surface area contributed by atoms with Crippen LogP contribution < -0.4 is 19.7 Å². The molecule has 1 atom stereocenters. The maximum Gasteiger partial charge on any atom is 0.275 e. The minimum Gasteiger partial charge on any atom is -0.497 e. The molecule has 4 rings (SSSR count). The van der Waals surface area contributed by atoms with Crippen LogP contribution in [0.4, 0.5) is 17.1 Å². The van der Waals surface area contributed by atoms with E-state index >= 15 is 0 Å². The molecule has 1 aliphatic rings. The first-order valence-corrected chi connectivity index (χ1v) is 9.85. The standard InChI is InChI=1S/C24H21N3O5/c1-31-20-11-5-17(6-12-20)25-22-15-23(16-3-7-19(8-4-16)27(29)30)26(24(22)28)18-9-13-21(32-2)14-10-18/h3-15,23,25H,1-2H3/t23-/m1/s1. The predicted octanol–water partition coefficient (Wildman–Crippen LogP) is 4.70. The van der Waals surface area contributed by atoms with Gasteiger partial charge in [-0.15, -0.1) is 0 Å². The number of methoxy groups -OCH3 is 2. The van der Waals surface area contributed by atoms with Crippen molar-refractivity contribution in [1.29, 1.82) is 0 Å². The lowest BCUT2D eigenvalue weighted by atomic mass is 10.1. The maximum absolute atomic E-state index is 13.4. The molecule has 32 heavy (non-hydrogen) atoms. The molecule has 3 aromatic carbocycles. The molecule has 8 heteroatoms. The predicted molar refractivity (Wildman–Crippen MR) is 121 cm³/mol. The zero-order valence-corrected chi connectivity index (χ0v) is 17.5. The second-order valence-electron chi connectivity index (χ2n) is 7.10. The fraction of sp³-hybridized carbons (Fsp3) is 0.125. The van der Waals surface area contributed by atoms with Gasteiger partial charge in [-0.25, -0.2) is 0 Å². The van der Waals surface area contributed by atoms with Crippen LogP contribution in [0.5, 0.6) is 11.5 Å². The van der Waals surface area contributed by atoms with Gasteiger partial charge < -0.3 is 14.8 Å². The molecule has 0 spiro atoms. The van der Waals surface area contributed by atoms with Gasteiger partial charge in [0.1, 0.15) is 17.2 Å². The van der Waals surface area contributed by atoms with E-state index in [0.717, 1.165) is 11.3 Å². The van der Waals surface area contributed by atoms with Crippen LogP contribution >= 0.6 is 0 Å². The summed E-state index contributed by atoms with van der Waals surface area (Å²) in [6, 6.07) is 20.2. The first-order chi connectivity index (χ1) is 15.5. The van der Waals surface area contributed by atoms with Crippen LogP contribution in [0.3, 0.4) is 0 Å². The van der Waals surface area contributed by atoms with Crippen molar-refractivity contribution in [2.24, 2.45) is 0 Å². The van der Waals surface area contributed by atoms with Crippen molar-refractivity contribution < 1.29 is 19.2 Å². The summed E-state index contributed by atoms with van der Waals surface area (Å²) in [7, 11) is 3.17. The molecule has 0 saturated carbocycles. The third-order valence-corrected chi connectivity index (χ3v) is 5.22. The van der Waals surface area contributed by atoms with Crippen LogP contribution in [-0.2, 0) is 4.79 Å². The highest BCUT2D eigenvalue weighted by atomic mass is 16.6. The fourth-order valence-electron chi connectivity index (χ4n) is 3.54. The molecule has 0 unspecified atom stereocenters. The average molecular weight is 431 g/mol. The zero-order valence-electron chi connectivity index (χ0n) is 17.5. The average Bonchev–Trinajstić information content (AvgIpc) is 3.15. The van der Waals surface area contributed by atoms with E-state index in [-0.39, 0.29) is 11.6 Å². The van der Waals surface area contributed by atoms with Crippen LogP contribution in [0.15, 0.2) is 84.6 Å². The van der Waals surface area contributed by atoms with Gasteiger partial charge in [-0.2, -0.15) is 0 Å². The second kappa shape index (κ2) is 8.81. The number of non-ortho nitro benzene ring substituents is 1. The lowest BCUT2D eigenvalue weighted by molar-refractivity contribution is -0.384. The summed E-state index contributed by atoms with van der Waals surface area (Å²) in [5.41, 5.74) is 2.58. The minimum absolute atomic E-state index is 0.00497. The molecule has 0 aliphatic carbocycles. The van der Waals surface area contributed by atoms with Gasteiger partial charge in [-0.05, 0) is 72.3 Å². The summed E-state index contributed by atoms with van der Waals surface area (Å²) in [6.45, 7) is 0. The Morgan fingerprint density at radius 3 is 1.97 bits per heavy atom. The van der Waals surface area contributed by atoms with E-state index in [1.165, 1.54) is 12.1 Å². The number of nitro groups is 1. The van der Waals surface area contributed by atoms with E-state index in [1.54, 1.807) is 67.7 Å². The molecule has 1 heterocycles. The van der Waals surface area contributed by atoms with Gasteiger partial charge in [0.2, 0.25) is 0 Å². The third kappa shape index (κ3) is 4.11. The van der Waals surface area contributed by atoms with Crippen LogP contribution in [0.25, 0.3) is 0 Å². The van der Waals surface area contributed by atoms with Crippen LogP contribution in [0.2, 0.25) is 0 Å². The smallest absolute Gasteiger partial charge is 0.275 e. The number of nitro benzene ring substituents is 1. The fourth-order valence-corrected chi connectivity index (χ4v) is 3.54. The van der Waals surface area contributed by atoms with Gasteiger partial charge in [0.15, 0.2) is 0 Å². The van der Waals surface area contributed by atoms with Crippen molar-refractivity contribution >= 4 is 23.0 Å². The molecule has 0 radical (unpaired) electrons. The number of anilines is 2. The number of hydrogen-bond acceptors (Lipinski definition) is 6. The van der Waals surface area contributed by atoms with Crippen molar-refractivity contribution in [3.63, 3.8) is 0 Å². The highest BCUT2D eigenvalue weighted by Gasteiger charge is 2.35. The molecule has 0 bridgehead atoms. The summed E-state index contributed by atoms with van der Waals surface area (Å²) in [6.07, 6.45) is 1.82. The number of carbonyl (C=O) groups excluding carboxylic acids is 1. The largest absolute Gasteiger partial charge is 0.497 e. The third-order valence-electron chi connectivity index (χ3n) is 5.22. The van der Waals surface area contributed by atoms with Crippen LogP contribution in [-0.4, -0.2) is 25.1 Å². The van der Waals surface area contributed by atoms with Gasteiger partial charge in [-0.1, -0.05) is 0 Å². The van der Waals surface area contributed by atoms with Gasteiger partial charge in [0, 0.05) is 23.5 Å². The van der Waals surface area contributed by atoms with Crippen molar-refractivity contribution in [3.8, 4) is 11.5 Å². The van der Waals surface area contributed by atoms with E-state index in [1.807, 2.05) is 18.2 Å². The van der Waals surface area contributed by atoms with E-state index < -0.39 is 11.0 Å². The Morgan fingerprint density at radius 1 is 0.875 bits per heavy atom. The molecule has 0 aromatic heterocycles. The Bertz CT molecular complexity index is 1160. The minimum atomic E-state index is -0.447. The summed E-state index contributed by atoms with van der Waals surface area (Å²) in [5, 5.41) is 14.2. The van der Waals surface area contributed by atoms with Gasteiger partial charge in [0.25, 0.3) is 11.6 Å². The van der Waals surface area contributed by atoms with Crippen LogP contribution in [0.1, 0.15) is 11.6 Å². The molecular formula is C24H21N3O5. The lowest BCUT2D eigenvalue weighted by Crippen LogP contribution is -2.30. The Kier molecular flexibility index (Phi) is 5.76. The van der Waals surface area contributed by atoms with E-state index in [2.05, 4.69) is 5.32 Å². The van der Waals surface area contributed by atoms with Crippen molar-refractivity contribution in [2.45, 2.75) is 6.04 Å². The molecule has 0 fully saturated rings. The molecule has 0 saturated heterocycles. The normalized spacial score (nSPS) is 15.3. The second-order valence-corrected chi connectivity index (χ2v) is 7.10. The Labute approximate surface area is 184 Å². The van der Waals surface area contributed by atoms with E-state index in [4.69, 9.17) is 9.47 Å². The highest BCUT2D eigenvalue weighted by Crippen LogP contribution is 2.37. The maximum atomic E-state index is 13.4. The summed E-state index contributed by atoms with van der Waals surface area (Å²) in [4.78, 5) is 25.6. The van der Waals surface area contributed by atoms with Crippen molar-refractivity contribution in [1.82, 2.24) is 0 Å². The lowest BCUT2D eigenvalue weighted by Gasteiger charge is -2.25. The molecular weight excluding hydrogens is 410 g/mol. The molecule has 1 aliphatic heterocycles. The zero-order chi connectivity index (χ0) is 22.7. The number of benzene rings is 3. The summed E-state index contributed by atoms with van der Waals surface area (Å²) < 4.78 is 10.4. The number of nitrogens with one attached hydrogen (secondary N) is 1. The Balaban J connectivity index is 1.69. The molecule has 1 amide bonds. The van der Waals surface area contributed by atoms with Crippen LogP contribution in [0, 0.1) is 10.1 Å². The SMILES string of the molecule is COc1ccc(NC2=C[C@H](c3ccc([N+](=O)[O-])cc3)N(c3ccc(OC)cc3)C2=O)cc1. The first kappa shape index (κ1) is 20.9. The van der Waals surface area contributed by atoms with Gasteiger partial charge in [-0.3, -0.25) is 19.8 Å². The number of ether oxygens (including phenoxy) is 2. The highest BCUT2D eigenvalue weighted by molar-refractivity contribution is 6.11. The summed E-state index contributed by atoms with van der Waals surface area (Å²) in [5.74, 6) is 1.18. The molecule has 8 nitrogen and oxygen atoms in total. The molecule has 1 N–H and O–H groups in total. The Hall–Kier alpha value is -4.33. The number of rotatable bonds is 7. The monoisotopic (exact) mass is 431 g/mol. The number of hydrogen-bond donors (Lipinski definition) is 1. The van der Waals surface area contributed by atoms with Gasteiger partial charge in [0.05, 0.1) is 25.2 Å². The van der Waals surface area contributed by atoms with Crippen molar-refractivity contribution in [3.05, 3.63) is 100 Å². The first-order valence-electron chi connectivity index (χ1n) is 9.85. The van der Waals surface area contributed by atoms with Crippen molar-refractivity contribution in [2.75, 3.05) is 24.4 Å². The Morgan fingerprint density at radius 2 is 1.44 bits per heavy atom. The molecule has 3 aromatic rings. The van der Waals surface area contributed by atoms with E-state index in [9.17, 15) is 14.9 Å². The number of nitrogens with zero attached hydrogens (tertiary/aromatic N) is 2. The number of carbonyl (C=O) groups is 1. The van der Waals surface area contributed by atoms with E-state index in [0.29, 0.717) is 22.9 Å². The van der Waals surface area contributed by atoms with Gasteiger partial charge >= 0.3 is 0 Å². The molecule has 162 valence electrons. The quantitative estimate of drug-likeness (QED) is 0.431. The summed E-state index contributed by atoms with van der Waals surface area (Å²) >= 11 is 0.